The van der Waals surface area contributed by atoms with E-state index in [0.29, 0.717) is 5.56 Å². The van der Waals surface area contributed by atoms with Gasteiger partial charge in [-0.15, -0.1) is 13.2 Å². The van der Waals surface area contributed by atoms with Gasteiger partial charge in [-0.1, -0.05) is 59.7 Å². The van der Waals surface area contributed by atoms with E-state index >= 15 is 0 Å². The van der Waals surface area contributed by atoms with E-state index in [2.05, 4.69) is 29.0 Å². The van der Waals surface area contributed by atoms with Crippen molar-refractivity contribution in [3.63, 3.8) is 0 Å². The van der Waals surface area contributed by atoms with Crippen LogP contribution in [0, 0.1) is 11.6 Å². The summed E-state index contributed by atoms with van der Waals surface area (Å²) >= 11 is 0. The second kappa shape index (κ2) is 8.83. The zero-order valence-electron chi connectivity index (χ0n) is 16.6. The molecule has 3 aromatic rings. The Bertz CT molecular complexity index is 1000. The van der Waals surface area contributed by atoms with Crippen LogP contribution < -0.4 is 9.92 Å². The van der Waals surface area contributed by atoms with Gasteiger partial charge in [0.1, 0.15) is 17.4 Å². The molecule has 0 N–H and O–H groups in total. The Morgan fingerprint density at radius 2 is 1.39 bits per heavy atom. The number of halogens is 5. The molecular formula is C24H21F5OSi. The maximum atomic E-state index is 14.8. The summed E-state index contributed by atoms with van der Waals surface area (Å²) in [6, 6.07) is 19.9. The van der Waals surface area contributed by atoms with Crippen LogP contribution in [0.15, 0.2) is 66.7 Å². The van der Waals surface area contributed by atoms with Gasteiger partial charge in [-0.05, 0) is 54.2 Å². The van der Waals surface area contributed by atoms with Crippen LogP contribution in [0.25, 0.3) is 11.1 Å². The summed E-state index contributed by atoms with van der Waals surface area (Å²) < 4.78 is 70.3. The molecule has 0 saturated carbocycles. The highest BCUT2D eigenvalue weighted by atomic mass is 28.3. The number of hydrogen-bond donors (Lipinski definition) is 0. The molecule has 0 spiro atoms. The molecule has 31 heavy (non-hydrogen) atoms. The molecule has 1 aliphatic heterocycles. The molecule has 0 radical (unpaired) electrons. The fourth-order valence-electron chi connectivity index (χ4n) is 4.41. The first-order valence-corrected chi connectivity index (χ1v) is 12.4. The van der Waals surface area contributed by atoms with Gasteiger partial charge in [0.05, 0.1) is 14.4 Å². The van der Waals surface area contributed by atoms with Crippen LogP contribution in [-0.4, -0.2) is 15.2 Å². The lowest BCUT2D eigenvalue weighted by Crippen LogP contribution is -2.33. The molecule has 1 nitrogen and oxygen atoms in total. The summed E-state index contributed by atoms with van der Waals surface area (Å²) in [5.74, 6) is -1.73. The summed E-state index contributed by atoms with van der Waals surface area (Å²) in [6.07, 6.45) is -3.00. The first-order valence-electron chi connectivity index (χ1n) is 10.2. The largest absolute Gasteiger partial charge is 0.573 e. The highest BCUT2D eigenvalue weighted by Crippen LogP contribution is 2.37. The predicted octanol–water partition coefficient (Wildman–Crippen LogP) is 6.54. The molecule has 1 fully saturated rings. The van der Waals surface area contributed by atoms with Crippen molar-refractivity contribution in [3.05, 3.63) is 83.9 Å². The maximum Gasteiger partial charge on any atom is 0.573 e. The third-order valence-corrected chi connectivity index (χ3v) is 9.30. The van der Waals surface area contributed by atoms with E-state index in [1.54, 1.807) is 0 Å². The van der Waals surface area contributed by atoms with E-state index < -0.39 is 32.5 Å². The normalized spacial score (nSPS) is 19.3. The van der Waals surface area contributed by atoms with Crippen LogP contribution in [0.1, 0.15) is 24.3 Å². The molecule has 0 atom stereocenters. The molecule has 162 valence electrons. The Morgan fingerprint density at radius 3 is 1.94 bits per heavy atom. The fourth-order valence-corrected chi connectivity index (χ4v) is 7.74. The van der Waals surface area contributed by atoms with Gasteiger partial charge >= 0.3 is 6.36 Å². The second-order valence-corrected chi connectivity index (χ2v) is 11.1. The van der Waals surface area contributed by atoms with Crippen LogP contribution in [0.5, 0.6) is 5.75 Å². The van der Waals surface area contributed by atoms with Gasteiger partial charge < -0.3 is 4.74 Å². The Labute approximate surface area is 179 Å². The molecule has 1 aliphatic rings. The van der Waals surface area contributed by atoms with E-state index in [1.165, 1.54) is 29.5 Å². The minimum Gasteiger partial charge on any atom is -0.406 e. The molecule has 3 aromatic carbocycles. The summed E-state index contributed by atoms with van der Waals surface area (Å²) in [5.41, 5.74) is 0.571. The van der Waals surface area contributed by atoms with Crippen molar-refractivity contribution < 1.29 is 26.7 Å². The quantitative estimate of drug-likeness (QED) is 0.325. The van der Waals surface area contributed by atoms with Gasteiger partial charge in [-0.2, -0.15) is 0 Å². The molecule has 1 heterocycles. The summed E-state index contributed by atoms with van der Waals surface area (Å²) in [5, 5.41) is 1.44. The minimum atomic E-state index is -4.82. The van der Waals surface area contributed by atoms with Crippen molar-refractivity contribution in [1.82, 2.24) is 0 Å². The van der Waals surface area contributed by atoms with Crippen molar-refractivity contribution in [1.29, 1.82) is 0 Å². The molecule has 0 unspecified atom stereocenters. The molecule has 7 heteroatoms. The van der Waals surface area contributed by atoms with E-state index in [-0.39, 0.29) is 17.0 Å². The monoisotopic (exact) mass is 448 g/mol. The number of hydrogen-bond acceptors (Lipinski definition) is 1. The predicted molar refractivity (Wildman–Crippen MR) is 113 cm³/mol. The smallest absolute Gasteiger partial charge is 0.406 e. The number of benzene rings is 3. The molecule has 0 bridgehead atoms. The Hall–Kier alpha value is -2.67. The van der Waals surface area contributed by atoms with Crippen molar-refractivity contribution >= 4 is 14.0 Å². The van der Waals surface area contributed by atoms with Crippen LogP contribution >= 0.6 is 0 Å². The van der Waals surface area contributed by atoms with Crippen LogP contribution in [0.3, 0.4) is 0 Å². The van der Waals surface area contributed by atoms with E-state index in [0.717, 1.165) is 37.1 Å². The van der Waals surface area contributed by atoms with Crippen LogP contribution in [-0.2, 0) is 0 Å². The third-order valence-electron chi connectivity index (χ3n) is 5.91. The van der Waals surface area contributed by atoms with Gasteiger partial charge in [0, 0.05) is 0 Å². The topological polar surface area (TPSA) is 9.23 Å². The van der Waals surface area contributed by atoms with Gasteiger partial charge in [-0.25, -0.2) is 8.78 Å². The van der Waals surface area contributed by atoms with Crippen molar-refractivity contribution in [2.75, 3.05) is 0 Å². The van der Waals surface area contributed by atoms with Gasteiger partial charge in [-0.3, -0.25) is 0 Å². The van der Waals surface area contributed by atoms with Crippen molar-refractivity contribution in [2.45, 2.75) is 37.2 Å². The van der Waals surface area contributed by atoms with Gasteiger partial charge in [0.15, 0.2) is 0 Å². The number of rotatable bonds is 4. The lowest BCUT2D eigenvalue weighted by Gasteiger charge is -2.28. The molecule has 4 rings (SSSR count). The standard InChI is InChI=1S/C24H21F5OSi/c25-21-14-18(16-10-12-31(13-11-16)20-4-2-1-3-5-20)15-22(26)23(21)17-6-8-19(9-7-17)30-24(27,28)29/h1-9,14-16,31H,10-13H2. The first-order chi connectivity index (χ1) is 14.8. The maximum absolute atomic E-state index is 14.8. The number of alkyl halides is 3. The third kappa shape index (κ3) is 5.15. The summed E-state index contributed by atoms with van der Waals surface area (Å²) in [4.78, 5) is 0. The minimum absolute atomic E-state index is 0.119. The summed E-state index contributed by atoms with van der Waals surface area (Å²) in [7, 11) is -1.03. The van der Waals surface area contributed by atoms with Crippen molar-refractivity contribution in [3.8, 4) is 16.9 Å². The molecule has 0 aliphatic carbocycles. The molecule has 0 amide bonds. The highest BCUT2D eigenvalue weighted by molar-refractivity contribution is 6.73. The molecule has 1 saturated heterocycles. The Morgan fingerprint density at radius 1 is 0.806 bits per heavy atom. The zero-order valence-corrected chi connectivity index (χ0v) is 17.8. The SMILES string of the molecule is Fc1cc(C2CC[SiH](c3ccccc3)CC2)cc(F)c1-c1ccc(OC(F)(F)F)cc1. The zero-order chi connectivity index (χ0) is 22.0. The molecule has 0 aromatic heterocycles. The summed E-state index contributed by atoms with van der Waals surface area (Å²) in [6.45, 7) is 0. The fraction of sp³-hybridized carbons (Fsp3) is 0.250. The second-order valence-electron chi connectivity index (χ2n) is 7.89. The average Bonchev–Trinajstić information content (AvgIpc) is 2.74. The lowest BCUT2D eigenvalue weighted by molar-refractivity contribution is -0.274. The van der Waals surface area contributed by atoms with E-state index in [9.17, 15) is 22.0 Å². The lowest BCUT2D eigenvalue weighted by atomic mass is 9.91. The Kier molecular flexibility index (Phi) is 6.14. The van der Waals surface area contributed by atoms with E-state index in [4.69, 9.17) is 0 Å². The van der Waals surface area contributed by atoms with E-state index in [1.807, 2.05) is 6.07 Å². The van der Waals surface area contributed by atoms with Gasteiger partial charge in [0.2, 0.25) is 0 Å². The average molecular weight is 449 g/mol. The number of ether oxygens (including phenoxy) is 1. The highest BCUT2D eigenvalue weighted by Gasteiger charge is 2.31. The molecular weight excluding hydrogens is 427 g/mol. The van der Waals surface area contributed by atoms with Crippen LogP contribution in [0.2, 0.25) is 12.1 Å². The van der Waals surface area contributed by atoms with Gasteiger partial charge in [0.25, 0.3) is 0 Å². The van der Waals surface area contributed by atoms with Crippen molar-refractivity contribution in [2.24, 2.45) is 0 Å². The van der Waals surface area contributed by atoms with Crippen LogP contribution in [0.4, 0.5) is 22.0 Å². The Balaban J connectivity index is 1.49. The first kappa shape index (κ1) is 21.6.